The van der Waals surface area contributed by atoms with E-state index in [1.165, 1.54) is 0 Å². The average molecular weight is 303 g/mol. The maximum atomic E-state index is 10.3. The first-order chi connectivity index (χ1) is 6.11. The van der Waals surface area contributed by atoms with Crippen LogP contribution < -0.4 is 0 Å². The molecular weight excluding hydrogens is 293 g/mol. The van der Waals surface area contributed by atoms with Crippen molar-refractivity contribution >= 4 is 22.6 Å². The Morgan fingerprint density at radius 3 is 2.54 bits per heavy atom. The smallest absolute Gasteiger partial charge is 0.169 e. The van der Waals surface area contributed by atoms with Crippen LogP contribution in [0.4, 0.5) is 0 Å². The molecule has 1 fully saturated rings. The maximum Gasteiger partial charge on any atom is 0.169 e. The first kappa shape index (κ1) is 11.2. The number of halogens is 1. The summed E-state index contributed by atoms with van der Waals surface area (Å²) in [7, 11) is 0. The Hall–Kier alpha value is 0.170. The summed E-state index contributed by atoms with van der Waals surface area (Å²) in [6.45, 7) is -0.451. The summed E-state index contributed by atoms with van der Waals surface area (Å²) < 4.78 is 4.25. The van der Waals surface area contributed by atoms with Gasteiger partial charge in [0.25, 0.3) is 0 Å². The third-order valence-electron chi connectivity index (χ3n) is 1.95. The molecule has 1 saturated heterocycles. The first-order valence-electron chi connectivity index (χ1n) is 3.70. The molecule has 0 aromatic rings. The van der Waals surface area contributed by atoms with Gasteiger partial charge in [0.15, 0.2) is 6.29 Å². The van der Waals surface area contributed by atoms with Gasteiger partial charge in [-0.25, -0.2) is 0 Å². The highest BCUT2D eigenvalue weighted by molar-refractivity contribution is 14.1. The Morgan fingerprint density at radius 1 is 1.46 bits per heavy atom. The fourth-order valence-electron chi connectivity index (χ4n) is 1.18. The molecule has 1 aliphatic rings. The predicted molar refractivity (Wildman–Crippen MR) is 51.4 cm³/mol. The van der Waals surface area contributed by atoms with E-state index in [-0.39, 0.29) is 0 Å². The van der Waals surface area contributed by atoms with E-state index in [2.05, 4.69) is 5.18 Å². The lowest BCUT2D eigenvalue weighted by Crippen LogP contribution is -2.55. The Labute approximate surface area is 88.0 Å². The van der Waals surface area contributed by atoms with Crippen LogP contribution >= 0.6 is 22.6 Å². The van der Waals surface area contributed by atoms with Crippen LogP contribution in [-0.4, -0.2) is 50.4 Å². The van der Waals surface area contributed by atoms with E-state index in [0.717, 1.165) is 0 Å². The van der Waals surface area contributed by atoms with Crippen LogP contribution in [0.1, 0.15) is 0 Å². The minimum absolute atomic E-state index is 0.451. The van der Waals surface area contributed by atoms with Crippen molar-refractivity contribution in [3.8, 4) is 0 Å². The summed E-state index contributed by atoms with van der Waals surface area (Å²) in [4.78, 5) is 10.3. The Kier molecular flexibility index (Phi) is 3.98. The van der Waals surface area contributed by atoms with Crippen molar-refractivity contribution in [2.75, 3.05) is 6.61 Å². The molecule has 0 aromatic heterocycles. The SMILES string of the molecule is O=NC1C(I)[C@@H](O)O[C@@H](CO)[C@H]1O. The minimum Gasteiger partial charge on any atom is -0.394 e. The number of rotatable bonds is 2. The molecule has 5 atom stereocenters. The van der Waals surface area contributed by atoms with Crippen LogP contribution in [0.5, 0.6) is 0 Å². The molecule has 0 radical (unpaired) electrons. The number of aliphatic hydroxyl groups is 3. The van der Waals surface area contributed by atoms with Crippen molar-refractivity contribution in [1.82, 2.24) is 0 Å². The van der Waals surface area contributed by atoms with E-state index in [1.54, 1.807) is 22.6 Å². The first-order valence-corrected chi connectivity index (χ1v) is 4.95. The minimum atomic E-state index is -1.18. The highest BCUT2D eigenvalue weighted by Crippen LogP contribution is 2.27. The molecule has 2 unspecified atom stereocenters. The van der Waals surface area contributed by atoms with Gasteiger partial charge in [-0.15, -0.1) is 0 Å². The molecule has 0 bridgehead atoms. The molecule has 0 amide bonds. The molecular formula is C6H10INO5. The predicted octanol–water partition coefficient (Wildman–Crippen LogP) is -1.00. The van der Waals surface area contributed by atoms with Gasteiger partial charge in [-0.05, 0) is 0 Å². The van der Waals surface area contributed by atoms with Crippen molar-refractivity contribution in [1.29, 1.82) is 0 Å². The second-order valence-electron chi connectivity index (χ2n) is 2.78. The van der Waals surface area contributed by atoms with Crippen LogP contribution in [0.25, 0.3) is 0 Å². The van der Waals surface area contributed by atoms with E-state index in [1.807, 2.05) is 0 Å². The molecule has 13 heavy (non-hydrogen) atoms. The lowest BCUT2D eigenvalue weighted by atomic mass is 10.00. The number of alkyl halides is 1. The molecule has 0 aromatic carbocycles. The Morgan fingerprint density at radius 2 is 2.08 bits per heavy atom. The summed E-state index contributed by atoms with van der Waals surface area (Å²) in [5, 5.41) is 30.1. The fourth-order valence-corrected chi connectivity index (χ4v) is 1.91. The molecule has 6 nitrogen and oxygen atoms in total. The van der Waals surface area contributed by atoms with Gasteiger partial charge in [-0.2, -0.15) is 4.91 Å². The standard InChI is InChI=1S/C6H10INO5/c7-3-4(8-12)5(10)2(1-9)13-6(3)11/h2-6,9-11H,1H2/t2-,3?,4?,5+,6-/m0/s1. The van der Waals surface area contributed by atoms with Crippen molar-refractivity contribution in [3.63, 3.8) is 0 Å². The largest absolute Gasteiger partial charge is 0.394 e. The molecule has 1 rings (SSSR count). The lowest BCUT2D eigenvalue weighted by Gasteiger charge is -2.36. The highest BCUT2D eigenvalue weighted by atomic mass is 127. The van der Waals surface area contributed by atoms with Crippen LogP contribution in [0.15, 0.2) is 5.18 Å². The number of aliphatic hydroxyl groups excluding tert-OH is 3. The van der Waals surface area contributed by atoms with E-state index >= 15 is 0 Å². The third kappa shape index (κ3) is 2.15. The molecule has 0 spiro atoms. The fraction of sp³-hybridized carbons (Fsp3) is 1.00. The zero-order valence-electron chi connectivity index (χ0n) is 6.58. The molecule has 7 heteroatoms. The summed E-state index contributed by atoms with van der Waals surface area (Å²) in [5.74, 6) is 0. The second-order valence-corrected chi connectivity index (χ2v) is 4.22. The van der Waals surface area contributed by atoms with Gasteiger partial charge in [0.2, 0.25) is 0 Å². The number of hydrogen-bond acceptors (Lipinski definition) is 6. The monoisotopic (exact) mass is 303 g/mol. The quantitative estimate of drug-likeness (QED) is 0.345. The summed E-state index contributed by atoms with van der Waals surface area (Å²) in [6, 6.07) is -0.943. The van der Waals surface area contributed by atoms with Gasteiger partial charge in [0.05, 0.1) is 10.5 Å². The van der Waals surface area contributed by atoms with Gasteiger partial charge in [-0.3, -0.25) is 0 Å². The van der Waals surface area contributed by atoms with Gasteiger partial charge in [0.1, 0.15) is 18.2 Å². The van der Waals surface area contributed by atoms with Gasteiger partial charge in [0, 0.05) is 0 Å². The molecule has 1 aliphatic heterocycles. The molecule has 0 aliphatic carbocycles. The van der Waals surface area contributed by atoms with E-state index < -0.39 is 35.1 Å². The topological polar surface area (TPSA) is 99.4 Å². The van der Waals surface area contributed by atoms with Crippen molar-refractivity contribution < 1.29 is 20.1 Å². The highest BCUT2D eigenvalue weighted by Gasteiger charge is 2.44. The Bertz CT molecular complexity index is 192. The number of nitrogens with zero attached hydrogens (tertiary/aromatic N) is 1. The van der Waals surface area contributed by atoms with Crippen LogP contribution in [0, 0.1) is 4.91 Å². The number of ether oxygens (including phenoxy) is 1. The van der Waals surface area contributed by atoms with E-state index in [9.17, 15) is 15.1 Å². The summed E-state index contributed by atoms with van der Waals surface area (Å²) >= 11 is 1.78. The lowest BCUT2D eigenvalue weighted by molar-refractivity contribution is -0.206. The molecule has 1 heterocycles. The van der Waals surface area contributed by atoms with E-state index in [4.69, 9.17) is 9.84 Å². The number of nitroso groups, excluding NO2 is 1. The second kappa shape index (κ2) is 4.60. The molecule has 3 N–H and O–H groups in total. The van der Waals surface area contributed by atoms with E-state index in [0.29, 0.717) is 0 Å². The van der Waals surface area contributed by atoms with Crippen molar-refractivity contribution in [3.05, 3.63) is 4.91 Å². The van der Waals surface area contributed by atoms with Gasteiger partial charge < -0.3 is 20.1 Å². The number of hydrogen-bond donors (Lipinski definition) is 3. The summed E-state index contributed by atoms with van der Waals surface area (Å²) in [5.41, 5.74) is 0. The normalized spacial score (nSPS) is 46.0. The maximum absolute atomic E-state index is 10.3. The average Bonchev–Trinajstić information content (AvgIpc) is 2.12. The van der Waals surface area contributed by atoms with Crippen LogP contribution in [-0.2, 0) is 4.74 Å². The molecule has 0 saturated carbocycles. The van der Waals surface area contributed by atoms with Crippen molar-refractivity contribution in [2.45, 2.75) is 28.5 Å². The van der Waals surface area contributed by atoms with Crippen molar-refractivity contribution in [2.24, 2.45) is 5.18 Å². The van der Waals surface area contributed by atoms with Gasteiger partial charge >= 0.3 is 0 Å². The van der Waals surface area contributed by atoms with Crippen LogP contribution in [0.2, 0.25) is 0 Å². The molecule has 76 valence electrons. The summed E-state index contributed by atoms with van der Waals surface area (Å²) in [6.07, 6.45) is -3.28. The zero-order valence-corrected chi connectivity index (χ0v) is 8.73. The zero-order chi connectivity index (χ0) is 10.0. The van der Waals surface area contributed by atoms with Crippen LogP contribution in [0.3, 0.4) is 0 Å². The third-order valence-corrected chi connectivity index (χ3v) is 3.30. The Balaban J connectivity index is 2.74. The van der Waals surface area contributed by atoms with Gasteiger partial charge in [-0.1, -0.05) is 27.8 Å².